The summed E-state index contributed by atoms with van der Waals surface area (Å²) >= 11 is 0. The Hall–Kier alpha value is -0.610. The van der Waals surface area contributed by atoms with Crippen molar-refractivity contribution in [1.82, 2.24) is 10.2 Å². The summed E-state index contributed by atoms with van der Waals surface area (Å²) in [5, 5.41) is 3.58. The molecule has 0 bridgehead atoms. The highest BCUT2D eigenvalue weighted by molar-refractivity contribution is 5.82. The average Bonchev–Trinajstić information content (AvgIpc) is 3.17. The van der Waals surface area contributed by atoms with Crippen molar-refractivity contribution < 1.29 is 9.53 Å². The summed E-state index contributed by atoms with van der Waals surface area (Å²) in [6.07, 6.45) is 4.76. The minimum absolute atomic E-state index is 0.0758. The molecule has 1 aliphatic heterocycles. The van der Waals surface area contributed by atoms with Crippen molar-refractivity contribution in [2.24, 2.45) is 11.8 Å². The molecule has 1 saturated heterocycles. The molecule has 2 unspecified atom stereocenters. The van der Waals surface area contributed by atoms with Crippen molar-refractivity contribution in [2.45, 2.75) is 71.0 Å². The topological polar surface area (TPSA) is 41.6 Å². The molecular formula is C17H32N2O2. The van der Waals surface area contributed by atoms with E-state index < -0.39 is 5.54 Å². The molecule has 0 aromatic carbocycles. The van der Waals surface area contributed by atoms with E-state index in [-0.39, 0.29) is 12.0 Å². The van der Waals surface area contributed by atoms with Gasteiger partial charge in [0.15, 0.2) is 0 Å². The van der Waals surface area contributed by atoms with E-state index in [2.05, 4.69) is 37.9 Å². The maximum Gasteiger partial charge on any atom is 0.327 e. The first-order chi connectivity index (χ1) is 9.90. The Morgan fingerprint density at radius 2 is 1.95 bits per heavy atom. The van der Waals surface area contributed by atoms with Gasteiger partial charge in [0.2, 0.25) is 0 Å². The molecule has 0 aromatic heterocycles. The van der Waals surface area contributed by atoms with Crippen molar-refractivity contribution >= 4 is 5.97 Å². The van der Waals surface area contributed by atoms with Gasteiger partial charge in [-0.05, 0) is 57.9 Å². The van der Waals surface area contributed by atoms with E-state index in [0.29, 0.717) is 17.9 Å². The van der Waals surface area contributed by atoms with E-state index in [9.17, 15) is 4.79 Å². The van der Waals surface area contributed by atoms with Crippen LogP contribution in [0.4, 0.5) is 0 Å². The van der Waals surface area contributed by atoms with Gasteiger partial charge >= 0.3 is 5.97 Å². The number of methoxy groups -OCH3 is 1. The lowest BCUT2D eigenvalue weighted by atomic mass is 9.90. The predicted octanol–water partition coefficient (Wildman–Crippen LogP) is 2.43. The standard InChI is InChI=1S/C17H32N2O2/c1-12(2)15-7-6-10-19(15)11-17(14-8-9-14,16(20)21-5)18-13(3)4/h12-15,18H,6-11H2,1-5H3. The zero-order chi connectivity index (χ0) is 15.6. The van der Waals surface area contributed by atoms with Crippen LogP contribution >= 0.6 is 0 Å². The van der Waals surface area contributed by atoms with Crippen LogP contribution in [0.15, 0.2) is 0 Å². The van der Waals surface area contributed by atoms with Crippen molar-refractivity contribution in [2.75, 3.05) is 20.2 Å². The number of rotatable bonds is 7. The lowest BCUT2D eigenvalue weighted by Gasteiger charge is -2.40. The van der Waals surface area contributed by atoms with Crippen LogP contribution in [-0.4, -0.2) is 48.7 Å². The molecular weight excluding hydrogens is 264 g/mol. The largest absolute Gasteiger partial charge is 0.468 e. The van der Waals surface area contributed by atoms with E-state index in [1.807, 2.05) is 0 Å². The maximum absolute atomic E-state index is 12.6. The zero-order valence-corrected chi connectivity index (χ0v) is 14.3. The molecule has 1 saturated carbocycles. The smallest absolute Gasteiger partial charge is 0.327 e. The molecule has 0 radical (unpaired) electrons. The third-order valence-electron chi connectivity index (χ3n) is 5.01. The summed E-state index contributed by atoms with van der Waals surface area (Å²) in [5.41, 5.74) is -0.513. The van der Waals surface area contributed by atoms with Crippen LogP contribution in [0.2, 0.25) is 0 Å². The maximum atomic E-state index is 12.6. The molecule has 0 aromatic rings. The number of nitrogens with one attached hydrogen (secondary N) is 1. The molecule has 4 nitrogen and oxygen atoms in total. The number of nitrogens with zero attached hydrogens (tertiary/aromatic N) is 1. The number of ether oxygens (including phenoxy) is 1. The quantitative estimate of drug-likeness (QED) is 0.733. The number of carbonyl (C=O) groups excluding carboxylic acids is 1. The lowest BCUT2D eigenvalue weighted by Crippen LogP contribution is -2.63. The number of esters is 1. The van der Waals surface area contributed by atoms with Gasteiger partial charge in [0.25, 0.3) is 0 Å². The minimum atomic E-state index is -0.513. The van der Waals surface area contributed by atoms with Crippen LogP contribution in [0.1, 0.15) is 53.4 Å². The molecule has 0 amide bonds. The number of likely N-dealkylation sites (tertiary alicyclic amines) is 1. The van der Waals surface area contributed by atoms with Crippen LogP contribution < -0.4 is 5.32 Å². The first-order valence-electron chi connectivity index (χ1n) is 8.51. The number of carbonyl (C=O) groups is 1. The van der Waals surface area contributed by atoms with Crippen molar-refractivity contribution in [3.05, 3.63) is 0 Å². The molecule has 2 fully saturated rings. The van der Waals surface area contributed by atoms with Crippen LogP contribution in [0.3, 0.4) is 0 Å². The summed E-state index contributed by atoms with van der Waals surface area (Å²) in [5.74, 6) is 0.995. The second kappa shape index (κ2) is 6.66. The first kappa shape index (κ1) is 16.8. The Morgan fingerprint density at radius 3 is 2.43 bits per heavy atom. The number of hydrogen-bond donors (Lipinski definition) is 1. The van der Waals surface area contributed by atoms with Crippen LogP contribution in [0.25, 0.3) is 0 Å². The van der Waals surface area contributed by atoms with Crippen molar-refractivity contribution in [3.8, 4) is 0 Å². The van der Waals surface area contributed by atoms with Gasteiger partial charge in [0.1, 0.15) is 5.54 Å². The first-order valence-corrected chi connectivity index (χ1v) is 8.51. The lowest BCUT2D eigenvalue weighted by molar-refractivity contribution is -0.151. The summed E-state index contributed by atoms with van der Waals surface area (Å²) in [7, 11) is 1.52. The zero-order valence-electron chi connectivity index (χ0n) is 14.3. The van der Waals surface area contributed by atoms with Gasteiger partial charge in [-0.15, -0.1) is 0 Å². The molecule has 1 N–H and O–H groups in total. The van der Waals surface area contributed by atoms with Gasteiger partial charge in [-0.2, -0.15) is 0 Å². The van der Waals surface area contributed by atoms with Crippen molar-refractivity contribution in [3.63, 3.8) is 0 Å². The highest BCUT2D eigenvalue weighted by Crippen LogP contribution is 2.42. The van der Waals surface area contributed by atoms with E-state index in [1.165, 1.54) is 20.0 Å². The Balaban J connectivity index is 2.20. The summed E-state index contributed by atoms with van der Waals surface area (Å²) < 4.78 is 5.20. The fraction of sp³-hybridized carbons (Fsp3) is 0.941. The second-order valence-corrected chi connectivity index (χ2v) is 7.46. The monoisotopic (exact) mass is 296 g/mol. The summed E-state index contributed by atoms with van der Waals surface area (Å²) in [4.78, 5) is 15.1. The SMILES string of the molecule is COC(=O)C(CN1CCCC1C(C)C)(NC(C)C)C1CC1. The molecule has 1 aliphatic carbocycles. The van der Waals surface area contributed by atoms with Gasteiger partial charge in [0, 0.05) is 18.6 Å². The van der Waals surface area contributed by atoms with Crippen molar-refractivity contribution in [1.29, 1.82) is 0 Å². The van der Waals surface area contributed by atoms with Gasteiger partial charge in [-0.1, -0.05) is 13.8 Å². The Kier molecular flexibility index (Phi) is 5.31. The second-order valence-electron chi connectivity index (χ2n) is 7.46. The van der Waals surface area contributed by atoms with E-state index >= 15 is 0 Å². The summed E-state index contributed by atoms with van der Waals surface area (Å²) in [6, 6.07) is 0.881. The van der Waals surface area contributed by atoms with Crippen LogP contribution in [0.5, 0.6) is 0 Å². The van der Waals surface area contributed by atoms with Crippen LogP contribution in [-0.2, 0) is 9.53 Å². The van der Waals surface area contributed by atoms with E-state index in [1.54, 1.807) is 0 Å². The molecule has 2 rings (SSSR count). The molecule has 122 valence electrons. The fourth-order valence-corrected chi connectivity index (χ4v) is 3.98. The van der Waals surface area contributed by atoms with Gasteiger partial charge in [-0.25, -0.2) is 4.79 Å². The highest BCUT2D eigenvalue weighted by Gasteiger charge is 2.53. The third kappa shape index (κ3) is 3.59. The Labute approximate surface area is 129 Å². The van der Waals surface area contributed by atoms with Gasteiger partial charge in [-0.3, -0.25) is 10.2 Å². The molecule has 0 spiro atoms. The molecule has 2 aliphatic rings. The molecule has 21 heavy (non-hydrogen) atoms. The highest BCUT2D eigenvalue weighted by atomic mass is 16.5. The summed E-state index contributed by atoms with van der Waals surface area (Å²) in [6.45, 7) is 10.7. The fourth-order valence-electron chi connectivity index (χ4n) is 3.98. The van der Waals surface area contributed by atoms with E-state index in [0.717, 1.165) is 25.9 Å². The number of hydrogen-bond acceptors (Lipinski definition) is 4. The average molecular weight is 296 g/mol. The minimum Gasteiger partial charge on any atom is -0.468 e. The molecule has 4 heteroatoms. The van der Waals surface area contributed by atoms with Gasteiger partial charge in [0.05, 0.1) is 7.11 Å². The molecule has 2 atom stereocenters. The third-order valence-corrected chi connectivity index (χ3v) is 5.01. The van der Waals surface area contributed by atoms with Crippen LogP contribution in [0, 0.1) is 11.8 Å². The molecule has 1 heterocycles. The normalized spacial score (nSPS) is 26.3. The Bertz CT molecular complexity index is 366. The van der Waals surface area contributed by atoms with E-state index in [4.69, 9.17) is 4.74 Å². The predicted molar refractivity (Wildman–Crippen MR) is 85.2 cm³/mol. The van der Waals surface area contributed by atoms with Gasteiger partial charge < -0.3 is 4.74 Å². The Morgan fingerprint density at radius 1 is 1.29 bits per heavy atom.